The Morgan fingerprint density at radius 2 is 2.07 bits per heavy atom. The number of aryl methyl sites for hydroxylation is 1. The van der Waals surface area contributed by atoms with E-state index in [2.05, 4.69) is 28.5 Å². The molecule has 0 saturated heterocycles. The second-order valence-corrected chi connectivity index (χ2v) is 10.3. The Bertz CT molecular complexity index is 1060. The van der Waals surface area contributed by atoms with Gasteiger partial charge in [0, 0.05) is 10.9 Å². The number of hydrogen-bond donors (Lipinski definition) is 1. The molecule has 1 fully saturated rings. The van der Waals surface area contributed by atoms with Gasteiger partial charge in [0.05, 0.1) is 4.88 Å². The van der Waals surface area contributed by atoms with Gasteiger partial charge in [0.25, 0.3) is 11.1 Å². The first-order valence-corrected chi connectivity index (χ1v) is 11.9. The molecule has 5 rings (SSSR count). The number of halogens is 1. The largest absolute Gasteiger partial charge is 0.410 e. The highest BCUT2D eigenvalue weighted by Crippen LogP contribution is 2.40. The molecule has 2 aliphatic rings. The molecule has 0 aliphatic heterocycles. The normalized spacial score (nSPS) is 19.3. The maximum Gasteiger partial charge on any atom is 0.278 e. The van der Waals surface area contributed by atoms with E-state index in [1.54, 1.807) is 23.5 Å². The van der Waals surface area contributed by atoms with E-state index >= 15 is 0 Å². The van der Waals surface area contributed by atoms with E-state index in [4.69, 9.17) is 4.42 Å². The molecule has 2 aliphatic carbocycles. The molecule has 5 nitrogen and oxygen atoms in total. The lowest BCUT2D eigenvalue weighted by Crippen LogP contribution is -2.29. The Kier molecular flexibility index (Phi) is 5.37. The van der Waals surface area contributed by atoms with Gasteiger partial charge in [-0.3, -0.25) is 4.79 Å². The molecule has 1 aromatic carbocycles. The van der Waals surface area contributed by atoms with E-state index in [-0.39, 0.29) is 17.8 Å². The minimum Gasteiger partial charge on any atom is -0.410 e. The van der Waals surface area contributed by atoms with E-state index < -0.39 is 5.25 Å². The summed E-state index contributed by atoms with van der Waals surface area (Å²) in [5.41, 5.74) is 2.09. The van der Waals surface area contributed by atoms with Crippen LogP contribution in [0.1, 0.15) is 47.4 Å². The maximum atomic E-state index is 13.4. The predicted octanol–water partition coefficient (Wildman–Crippen LogP) is 5.17. The quantitative estimate of drug-likeness (QED) is 0.532. The third kappa shape index (κ3) is 4.30. The van der Waals surface area contributed by atoms with Crippen LogP contribution in [-0.2, 0) is 17.6 Å². The monoisotopic (exact) mass is 443 g/mol. The number of carbonyl (C=O) groups is 1. The first-order chi connectivity index (χ1) is 14.5. The molecule has 2 atom stereocenters. The molecule has 156 valence electrons. The number of thioether (sulfide) groups is 1. The van der Waals surface area contributed by atoms with Crippen LogP contribution in [0.4, 0.5) is 4.39 Å². The minimum atomic E-state index is -0.572. The molecule has 0 spiro atoms. The summed E-state index contributed by atoms with van der Waals surface area (Å²) < 4.78 is 19.3. The van der Waals surface area contributed by atoms with Crippen LogP contribution in [0.3, 0.4) is 0 Å². The zero-order chi connectivity index (χ0) is 20.7. The van der Waals surface area contributed by atoms with E-state index in [9.17, 15) is 9.18 Å². The van der Waals surface area contributed by atoms with Crippen LogP contribution >= 0.6 is 23.1 Å². The van der Waals surface area contributed by atoms with Crippen molar-refractivity contribution in [3.8, 4) is 10.8 Å². The van der Waals surface area contributed by atoms with Gasteiger partial charge >= 0.3 is 0 Å². The summed E-state index contributed by atoms with van der Waals surface area (Å²) in [6, 6.07) is 8.39. The number of hydrogen-bond acceptors (Lipinski definition) is 6. The van der Waals surface area contributed by atoms with E-state index in [1.807, 2.05) is 0 Å². The van der Waals surface area contributed by atoms with Crippen molar-refractivity contribution in [2.24, 2.45) is 5.92 Å². The zero-order valence-corrected chi connectivity index (χ0v) is 18.2. The SMILES string of the molecule is C[C@@H]1CCc2sc(-c3nnc(S[C@H](C(=O)NC4CC4)c4ccc(F)cc4)o3)cc2C1. The number of nitrogens with one attached hydrogen (secondary N) is 1. The average molecular weight is 444 g/mol. The van der Waals surface area contributed by atoms with Crippen LogP contribution in [0.5, 0.6) is 0 Å². The average Bonchev–Trinajstić information content (AvgIpc) is 3.25. The number of benzene rings is 1. The minimum absolute atomic E-state index is 0.116. The summed E-state index contributed by atoms with van der Waals surface area (Å²) in [6.45, 7) is 2.28. The van der Waals surface area contributed by atoms with Crippen LogP contribution in [-0.4, -0.2) is 22.1 Å². The first-order valence-electron chi connectivity index (χ1n) is 10.2. The fraction of sp³-hybridized carbons (Fsp3) is 0.409. The van der Waals surface area contributed by atoms with Crippen molar-refractivity contribution in [3.05, 3.63) is 52.2 Å². The highest BCUT2D eigenvalue weighted by atomic mass is 32.2. The summed E-state index contributed by atoms with van der Waals surface area (Å²) in [5.74, 6) is 0.746. The van der Waals surface area contributed by atoms with Gasteiger partial charge in [0.2, 0.25) is 5.91 Å². The van der Waals surface area contributed by atoms with Gasteiger partial charge in [0.15, 0.2) is 0 Å². The number of carbonyl (C=O) groups excluding carboxylic acids is 1. The summed E-state index contributed by atoms with van der Waals surface area (Å²) >= 11 is 2.92. The van der Waals surface area contributed by atoms with Crippen molar-refractivity contribution in [1.82, 2.24) is 15.5 Å². The Hall–Kier alpha value is -2.19. The molecule has 3 aromatic rings. The van der Waals surface area contributed by atoms with Gasteiger partial charge in [-0.1, -0.05) is 19.1 Å². The van der Waals surface area contributed by atoms with Crippen molar-refractivity contribution < 1.29 is 13.6 Å². The number of nitrogens with zero attached hydrogens (tertiary/aromatic N) is 2. The van der Waals surface area contributed by atoms with E-state index in [0.29, 0.717) is 22.6 Å². The fourth-order valence-electron chi connectivity index (χ4n) is 3.68. The van der Waals surface area contributed by atoms with Crippen molar-refractivity contribution >= 4 is 29.0 Å². The summed E-state index contributed by atoms with van der Waals surface area (Å²) in [5, 5.41) is 11.2. The van der Waals surface area contributed by atoms with Gasteiger partial charge in [-0.25, -0.2) is 4.39 Å². The standard InChI is InChI=1S/C22H22FN3O2S2/c1-12-2-9-17-14(10-12)11-18(29-17)21-25-26-22(28-21)30-19(20(27)24-16-7-8-16)13-3-5-15(23)6-4-13/h3-6,11-12,16,19H,2,7-10H2,1H3,(H,24,27)/t12-,19+/m1/s1. The highest BCUT2D eigenvalue weighted by molar-refractivity contribution is 8.00. The second-order valence-electron chi connectivity index (χ2n) is 8.11. The third-order valence-corrected chi connectivity index (χ3v) is 7.81. The van der Waals surface area contributed by atoms with Crippen LogP contribution in [0, 0.1) is 11.7 Å². The number of amides is 1. The Labute approximate surface area is 182 Å². The molecular formula is C22H22FN3O2S2. The number of rotatable bonds is 6. The van der Waals surface area contributed by atoms with Crippen LogP contribution in [0.2, 0.25) is 0 Å². The Morgan fingerprint density at radius 3 is 2.83 bits per heavy atom. The van der Waals surface area contributed by atoms with Crippen LogP contribution in [0.15, 0.2) is 40.0 Å². The summed E-state index contributed by atoms with van der Waals surface area (Å²) in [6.07, 6.45) is 5.41. The van der Waals surface area contributed by atoms with Gasteiger partial charge in [-0.2, -0.15) is 0 Å². The van der Waals surface area contributed by atoms with Gasteiger partial charge in [0.1, 0.15) is 11.1 Å². The first kappa shape index (κ1) is 19.8. The molecule has 2 aromatic heterocycles. The molecule has 1 N–H and O–H groups in total. The topological polar surface area (TPSA) is 68.0 Å². The molecular weight excluding hydrogens is 421 g/mol. The number of aromatic nitrogens is 2. The lowest BCUT2D eigenvalue weighted by Gasteiger charge is -2.16. The van der Waals surface area contributed by atoms with Crippen molar-refractivity contribution in [2.45, 2.75) is 55.5 Å². The second kappa shape index (κ2) is 8.15. The summed E-state index contributed by atoms with van der Waals surface area (Å²) in [7, 11) is 0. The molecule has 30 heavy (non-hydrogen) atoms. The van der Waals surface area contributed by atoms with E-state index in [0.717, 1.165) is 30.6 Å². The predicted molar refractivity (Wildman–Crippen MR) is 115 cm³/mol. The smallest absolute Gasteiger partial charge is 0.278 e. The molecule has 0 bridgehead atoms. The maximum absolute atomic E-state index is 13.4. The Balaban J connectivity index is 1.37. The lowest BCUT2D eigenvalue weighted by molar-refractivity contribution is -0.120. The number of thiophene rings is 1. The zero-order valence-electron chi connectivity index (χ0n) is 16.6. The highest BCUT2D eigenvalue weighted by Gasteiger charge is 2.31. The van der Waals surface area contributed by atoms with Gasteiger partial charge in [-0.05, 0) is 79.1 Å². The molecule has 0 unspecified atom stereocenters. The van der Waals surface area contributed by atoms with Crippen molar-refractivity contribution in [3.63, 3.8) is 0 Å². The molecule has 8 heteroatoms. The Morgan fingerprint density at radius 1 is 1.27 bits per heavy atom. The van der Waals surface area contributed by atoms with Crippen molar-refractivity contribution in [1.29, 1.82) is 0 Å². The van der Waals surface area contributed by atoms with Crippen LogP contribution in [0.25, 0.3) is 10.8 Å². The lowest BCUT2D eigenvalue weighted by atomic mass is 9.90. The van der Waals surface area contributed by atoms with Crippen molar-refractivity contribution in [2.75, 3.05) is 0 Å². The summed E-state index contributed by atoms with van der Waals surface area (Å²) in [4.78, 5) is 15.2. The molecule has 2 heterocycles. The number of fused-ring (bicyclic) bond motifs is 1. The van der Waals surface area contributed by atoms with E-state index in [1.165, 1.54) is 40.8 Å². The molecule has 0 radical (unpaired) electrons. The van der Waals surface area contributed by atoms with Gasteiger partial charge in [-0.15, -0.1) is 21.5 Å². The molecule has 1 amide bonds. The fourth-order valence-corrected chi connectivity index (χ4v) is 5.70. The van der Waals surface area contributed by atoms with Crippen LogP contribution < -0.4 is 5.32 Å². The van der Waals surface area contributed by atoms with Gasteiger partial charge < -0.3 is 9.73 Å². The third-order valence-electron chi connectivity index (χ3n) is 5.50. The molecule has 1 saturated carbocycles.